The molecule has 5 nitrogen and oxygen atoms in total. The quantitative estimate of drug-likeness (QED) is 0.539. The fraction of sp³-hybridized carbons (Fsp3) is 0.316. The fourth-order valence-corrected chi connectivity index (χ4v) is 4.60. The molecule has 28 heavy (non-hydrogen) atoms. The SMILES string of the molecule is CS(=O)(=O)N(CC(=O)NCCCSCc1ccc(Cl)cc1)c1ccccc1Cl. The van der Waals surface area contributed by atoms with Crippen LogP contribution in [0.4, 0.5) is 5.69 Å². The van der Waals surface area contributed by atoms with Crippen LogP contribution in [0.15, 0.2) is 48.5 Å². The molecule has 0 saturated heterocycles. The maximum atomic E-state index is 12.2. The zero-order valence-corrected chi connectivity index (χ0v) is 18.5. The number of carbonyl (C=O) groups excluding carboxylic acids is 1. The average Bonchev–Trinajstić information content (AvgIpc) is 2.64. The topological polar surface area (TPSA) is 66.5 Å². The van der Waals surface area contributed by atoms with Gasteiger partial charge in [-0.15, -0.1) is 0 Å². The zero-order valence-electron chi connectivity index (χ0n) is 15.4. The Morgan fingerprint density at radius 1 is 1.11 bits per heavy atom. The van der Waals surface area contributed by atoms with Crippen LogP contribution in [-0.2, 0) is 20.6 Å². The third-order valence-electron chi connectivity index (χ3n) is 3.78. The molecule has 2 aromatic carbocycles. The number of para-hydroxylation sites is 1. The van der Waals surface area contributed by atoms with Crippen molar-refractivity contribution >= 4 is 56.6 Å². The number of carbonyl (C=O) groups is 1. The summed E-state index contributed by atoms with van der Waals surface area (Å²) in [6.45, 7) is 0.174. The molecule has 0 heterocycles. The molecule has 0 spiro atoms. The third-order valence-corrected chi connectivity index (χ3v) is 6.59. The van der Waals surface area contributed by atoms with Gasteiger partial charge in [-0.1, -0.05) is 47.5 Å². The van der Waals surface area contributed by atoms with Crippen LogP contribution >= 0.6 is 35.0 Å². The van der Waals surface area contributed by atoms with E-state index in [2.05, 4.69) is 5.32 Å². The van der Waals surface area contributed by atoms with E-state index in [9.17, 15) is 13.2 Å². The van der Waals surface area contributed by atoms with Crippen LogP contribution in [0.25, 0.3) is 0 Å². The molecule has 1 N–H and O–H groups in total. The van der Waals surface area contributed by atoms with Crippen molar-refractivity contribution in [2.24, 2.45) is 0 Å². The number of hydrogen-bond acceptors (Lipinski definition) is 4. The van der Waals surface area contributed by atoms with Gasteiger partial charge in [0.05, 0.1) is 17.0 Å². The summed E-state index contributed by atoms with van der Waals surface area (Å²) >= 11 is 13.7. The lowest BCUT2D eigenvalue weighted by Gasteiger charge is -2.22. The second-order valence-electron chi connectivity index (χ2n) is 6.10. The van der Waals surface area contributed by atoms with E-state index in [-0.39, 0.29) is 17.5 Å². The summed E-state index contributed by atoms with van der Waals surface area (Å²) in [5.41, 5.74) is 1.49. The van der Waals surface area contributed by atoms with Crippen molar-refractivity contribution in [3.63, 3.8) is 0 Å². The molecule has 2 aromatic rings. The molecule has 0 unspecified atom stereocenters. The minimum atomic E-state index is -3.63. The molecule has 0 bridgehead atoms. The van der Waals surface area contributed by atoms with Crippen molar-refractivity contribution in [2.75, 3.05) is 29.4 Å². The van der Waals surface area contributed by atoms with E-state index >= 15 is 0 Å². The van der Waals surface area contributed by atoms with E-state index in [0.29, 0.717) is 12.2 Å². The largest absolute Gasteiger partial charge is 0.354 e. The Morgan fingerprint density at radius 2 is 1.79 bits per heavy atom. The number of halogens is 2. The third kappa shape index (κ3) is 7.54. The molecule has 0 aromatic heterocycles. The second-order valence-corrected chi connectivity index (χ2v) is 9.96. The smallest absolute Gasteiger partial charge is 0.240 e. The van der Waals surface area contributed by atoms with Crippen LogP contribution in [0.1, 0.15) is 12.0 Å². The number of benzene rings is 2. The van der Waals surface area contributed by atoms with Crippen LogP contribution in [0.2, 0.25) is 10.0 Å². The van der Waals surface area contributed by atoms with Crippen LogP contribution in [0.5, 0.6) is 0 Å². The Bertz CT molecular complexity index is 890. The lowest BCUT2D eigenvalue weighted by molar-refractivity contribution is -0.119. The van der Waals surface area contributed by atoms with Crippen LogP contribution < -0.4 is 9.62 Å². The molecule has 1 amide bonds. The number of nitrogens with one attached hydrogen (secondary N) is 1. The first-order chi connectivity index (χ1) is 13.3. The maximum Gasteiger partial charge on any atom is 0.240 e. The summed E-state index contributed by atoms with van der Waals surface area (Å²) in [6, 6.07) is 14.3. The van der Waals surface area contributed by atoms with Crippen molar-refractivity contribution < 1.29 is 13.2 Å². The molecule has 0 aliphatic heterocycles. The lowest BCUT2D eigenvalue weighted by Crippen LogP contribution is -2.40. The molecule has 0 saturated carbocycles. The highest BCUT2D eigenvalue weighted by molar-refractivity contribution is 7.98. The Balaban J connectivity index is 1.76. The summed E-state index contributed by atoms with van der Waals surface area (Å²) in [4.78, 5) is 12.2. The molecular formula is C19H22Cl2N2O3S2. The second kappa shape index (κ2) is 11.0. The summed E-state index contributed by atoms with van der Waals surface area (Å²) in [5.74, 6) is 1.39. The highest BCUT2D eigenvalue weighted by atomic mass is 35.5. The summed E-state index contributed by atoms with van der Waals surface area (Å²) < 4.78 is 25.1. The van der Waals surface area contributed by atoms with Crippen molar-refractivity contribution in [3.8, 4) is 0 Å². The van der Waals surface area contributed by atoms with Gasteiger partial charge in [0.25, 0.3) is 0 Å². The van der Waals surface area contributed by atoms with E-state index in [4.69, 9.17) is 23.2 Å². The van der Waals surface area contributed by atoms with E-state index in [0.717, 1.165) is 33.5 Å². The van der Waals surface area contributed by atoms with Gasteiger partial charge in [0.2, 0.25) is 15.9 Å². The van der Waals surface area contributed by atoms with Crippen LogP contribution in [0.3, 0.4) is 0 Å². The fourth-order valence-electron chi connectivity index (χ4n) is 2.39. The summed E-state index contributed by atoms with van der Waals surface area (Å²) in [5, 5.41) is 3.76. The van der Waals surface area contributed by atoms with Crippen molar-refractivity contribution in [1.82, 2.24) is 5.32 Å². The van der Waals surface area contributed by atoms with E-state index in [1.165, 1.54) is 5.56 Å². The molecule has 2 rings (SSSR count). The Morgan fingerprint density at radius 3 is 2.43 bits per heavy atom. The lowest BCUT2D eigenvalue weighted by atomic mass is 10.2. The molecular weight excluding hydrogens is 439 g/mol. The molecule has 9 heteroatoms. The van der Waals surface area contributed by atoms with Crippen molar-refractivity contribution in [1.29, 1.82) is 0 Å². The first-order valence-corrected chi connectivity index (χ1v) is 12.3. The van der Waals surface area contributed by atoms with Gasteiger partial charge >= 0.3 is 0 Å². The Hall–Kier alpha value is -1.41. The van der Waals surface area contributed by atoms with Gasteiger partial charge in [-0.3, -0.25) is 9.10 Å². The average molecular weight is 461 g/mol. The monoisotopic (exact) mass is 460 g/mol. The highest BCUT2D eigenvalue weighted by Gasteiger charge is 2.22. The van der Waals surface area contributed by atoms with E-state index in [1.54, 1.807) is 36.0 Å². The molecule has 0 fully saturated rings. The van der Waals surface area contributed by atoms with Crippen LogP contribution in [-0.4, -0.2) is 39.4 Å². The number of hydrogen-bond donors (Lipinski definition) is 1. The summed E-state index contributed by atoms with van der Waals surface area (Å²) in [6.07, 6.45) is 1.84. The van der Waals surface area contributed by atoms with Gasteiger partial charge in [-0.25, -0.2) is 8.42 Å². The van der Waals surface area contributed by atoms with Gasteiger partial charge in [-0.2, -0.15) is 11.8 Å². The molecule has 0 aliphatic rings. The first kappa shape index (κ1) is 22.9. The zero-order chi connectivity index (χ0) is 20.6. The van der Waals surface area contributed by atoms with Gasteiger partial charge in [0.15, 0.2) is 0 Å². The van der Waals surface area contributed by atoms with Gasteiger partial charge in [0, 0.05) is 17.3 Å². The molecule has 152 valence electrons. The minimum Gasteiger partial charge on any atom is -0.354 e. The van der Waals surface area contributed by atoms with Gasteiger partial charge < -0.3 is 5.32 Å². The van der Waals surface area contributed by atoms with Crippen molar-refractivity contribution in [2.45, 2.75) is 12.2 Å². The predicted molar refractivity (Wildman–Crippen MR) is 119 cm³/mol. The molecule has 0 atom stereocenters. The van der Waals surface area contributed by atoms with E-state index in [1.807, 2.05) is 24.3 Å². The minimum absolute atomic E-state index is 0.277. The molecule has 0 radical (unpaired) electrons. The first-order valence-electron chi connectivity index (χ1n) is 8.58. The number of sulfonamides is 1. The number of anilines is 1. The highest BCUT2D eigenvalue weighted by Crippen LogP contribution is 2.26. The number of nitrogens with zero attached hydrogens (tertiary/aromatic N) is 1. The Kier molecular flexibility index (Phi) is 8.95. The molecule has 0 aliphatic carbocycles. The number of amides is 1. The number of rotatable bonds is 10. The normalized spacial score (nSPS) is 11.2. The van der Waals surface area contributed by atoms with Gasteiger partial charge in [0.1, 0.15) is 6.54 Å². The maximum absolute atomic E-state index is 12.2. The van der Waals surface area contributed by atoms with Gasteiger partial charge in [-0.05, 0) is 42.0 Å². The number of thioether (sulfide) groups is 1. The predicted octanol–water partition coefficient (Wildman–Crippen LogP) is 4.20. The Labute approximate surface area is 180 Å². The van der Waals surface area contributed by atoms with Crippen LogP contribution in [0, 0.1) is 0 Å². The van der Waals surface area contributed by atoms with Crippen molar-refractivity contribution in [3.05, 3.63) is 64.1 Å². The van der Waals surface area contributed by atoms with E-state index < -0.39 is 10.0 Å². The standard InChI is InChI=1S/C19H22Cl2N2O3S2/c1-28(25,26)23(18-6-3-2-5-17(18)21)13-19(24)22-11-4-12-27-14-15-7-9-16(20)10-8-15/h2-3,5-10H,4,11-14H2,1H3,(H,22,24). The summed E-state index contributed by atoms with van der Waals surface area (Å²) in [7, 11) is -3.63.